The quantitative estimate of drug-likeness (QED) is 0.0679. The first-order valence-corrected chi connectivity index (χ1v) is 14.6. The molecule has 4 rings (SSSR count). The first-order valence-electron chi connectivity index (χ1n) is 14.6. The van der Waals surface area contributed by atoms with Gasteiger partial charge in [0.1, 0.15) is 23.0 Å². The molecule has 0 radical (unpaired) electrons. The summed E-state index contributed by atoms with van der Waals surface area (Å²) in [5.74, 6) is 2.52. The lowest BCUT2D eigenvalue weighted by Crippen LogP contribution is -2.20. The third-order valence-corrected chi connectivity index (χ3v) is 7.15. The largest absolute Gasteiger partial charge is 0.457 e. The van der Waals surface area contributed by atoms with Crippen molar-refractivity contribution >= 4 is 11.4 Å². The highest BCUT2D eigenvalue weighted by Crippen LogP contribution is 2.26. The van der Waals surface area contributed by atoms with Crippen molar-refractivity contribution in [3.05, 3.63) is 128 Å². The Morgan fingerprint density at radius 1 is 0.500 bits per heavy atom. The van der Waals surface area contributed by atoms with Gasteiger partial charge in [-0.1, -0.05) is 37.1 Å². The van der Waals surface area contributed by atoms with E-state index < -0.39 is 9.85 Å². The standard InChI is InChI=1S/C34H38N4O6/c1-35(25-27-7-15-31(16-8-27)43-33-19-11-29(12-20-33)37(39)40)23-5-3-4-6-24-36(2)26-28-9-17-32(18-10-28)44-34-21-13-30(14-22-34)38(41)42/h7-22H,3-6,23-26H2,1-2H3. The highest BCUT2D eigenvalue weighted by molar-refractivity contribution is 5.40. The van der Waals surface area contributed by atoms with Crippen molar-refractivity contribution in [2.75, 3.05) is 27.2 Å². The van der Waals surface area contributed by atoms with Crippen LogP contribution in [0.4, 0.5) is 11.4 Å². The Hall–Kier alpha value is -4.80. The monoisotopic (exact) mass is 598 g/mol. The summed E-state index contributed by atoms with van der Waals surface area (Å²) in [5.41, 5.74) is 2.49. The molecule has 10 heteroatoms. The number of nitro groups is 2. The van der Waals surface area contributed by atoms with Crippen molar-refractivity contribution in [1.29, 1.82) is 0 Å². The summed E-state index contributed by atoms with van der Waals surface area (Å²) in [5, 5.41) is 21.6. The van der Waals surface area contributed by atoms with Crippen LogP contribution in [0.2, 0.25) is 0 Å². The molecule has 0 saturated heterocycles. The highest BCUT2D eigenvalue weighted by atomic mass is 16.6. The first kappa shape index (κ1) is 32.1. The van der Waals surface area contributed by atoms with Crippen molar-refractivity contribution in [2.24, 2.45) is 0 Å². The Morgan fingerprint density at radius 3 is 1.09 bits per heavy atom. The van der Waals surface area contributed by atoms with Crippen molar-refractivity contribution in [2.45, 2.75) is 38.8 Å². The molecule has 0 amide bonds. The van der Waals surface area contributed by atoms with E-state index in [4.69, 9.17) is 9.47 Å². The summed E-state index contributed by atoms with van der Waals surface area (Å²) in [6.45, 7) is 3.78. The fraction of sp³-hybridized carbons (Fsp3) is 0.294. The Kier molecular flexibility index (Phi) is 11.8. The van der Waals surface area contributed by atoms with E-state index in [1.165, 1.54) is 48.2 Å². The molecule has 0 atom stereocenters. The van der Waals surface area contributed by atoms with Crippen molar-refractivity contribution < 1.29 is 19.3 Å². The third kappa shape index (κ3) is 10.5. The minimum absolute atomic E-state index is 0.0399. The van der Waals surface area contributed by atoms with Crippen LogP contribution in [0.3, 0.4) is 0 Å². The van der Waals surface area contributed by atoms with Crippen molar-refractivity contribution in [1.82, 2.24) is 9.80 Å². The minimum Gasteiger partial charge on any atom is -0.457 e. The van der Waals surface area contributed by atoms with E-state index in [-0.39, 0.29) is 11.4 Å². The maximum atomic E-state index is 10.8. The van der Waals surface area contributed by atoms with E-state index in [2.05, 4.69) is 23.9 Å². The van der Waals surface area contributed by atoms with Crippen LogP contribution in [0, 0.1) is 20.2 Å². The van der Waals surface area contributed by atoms with Crippen LogP contribution in [-0.4, -0.2) is 46.8 Å². The predicted molar refractivity (Wildman–Crippen MR) is 170 cm³/mol. The molecule has 10 nitrogen and oxygen atoms in total. The van der Waals surface area contributed by atoms with E-state index >= 15 is 0 Å². The normalized spacial score (nSPS) is 11.1. The lowest BCUT2D eigenvalue weighted by atomic mass is 10.1. The van der Waals surface area contributed by atoms with E-state index in [9.17, 15) is 20.2 Å². The molecule has 0 bridgehead atoms. The molecule has 230 valence electrons. The lowest BCUT2D eigenvalue weighted by Gasteiger charge is -2.18. The number of nitro benzene ring substituents is 2. The Balaban J connectivity index is 1.07. The number of hydrogen-bond donors (Lipinski definition) is 0. The Bertz CT molecular complexity index is 1360. The van der Waals surface area contributed by atoms with E-state index in [1.54, 1.807) is 24.3 Å². The fourth-order valence-electron chi connectivity index (χ4n) is 4.77. The molecule has 44 heavy (non-hydrogen) atoms. The first-order chi connectivity index (χ1) is 21.2. The predicted octanol–water partition coefficient (Wildman–Crippen LogP) is 8.21. The SMILES string of the molecule is CN(CCCCCCN(C)Cc1ccc(Oc2ccc([N+](=O)[O-])cc2)cc1)Cc1ccc(Oc2ccc([N+](=O)[O-])cc2)cc1. The van der Waals surface area contributed by atoms with Crippen LogP contribution in [0.25, 0.3) is 0 Å². The number of rotatable bonds is 17. The molecular formula is C34H38N4O6. The van der Waals surface area contributed by atoms with Gasteiger partial charge in [0.15, 0.2) is 0 Å². The fourth-order valence-corrected chi connectivity index (χ4v) is 4.77. The third-order valence-electron chi connectivity index (χ3n) is 7.15. The van der Waals surface area contributed by atoms with Crippen molar-refractivity contribution in [3.63, 3.8) is 0 Å². The number of nitrogens with zero attached hydrogens (tertiary/aromatic N) is 4. The topological polar surface area (TPSA) is 111 Å². The molecule has 0 fully saturated rings. The van der Waals surface area contributed by atoms with Crippen LogP contribution in [0.15, 0.2) is 97.1 Å². The second kappa shape index (κ2) is 16.2. The number of ether oxygens (including phenoxy) is 2. The van der Waals surface area contributed by atoms with E-state index in [0.717, 1.165) is 39.0 Å². The molecule has 4 aromatic rings. The number of non-ortho nitro benzene ring substituents is 2. The van der Waals surface area contributed by atoms with Gasteiger partial charge in [0, 0.05) is 37.4 Å². The molecule has 0 aliphatic rings. The summed E-state index contributed by atoms with van der Waals surface area (Å²) in [6.07, 6.45) is 4.68. The molecular weight excluding hydrogens is 560 g/mol. The van der Waals surface area contributed by atoms with Crippen LogP contribution in [0.5, 0.6) is 23.0 Å². The second-order valence-corrected chi connectivity index (χ2v) is 10.9. The summed E-state index contributed by atoms with van der Waals surface area (Å²) in [6, 6.07) is 28.0. The second-order valence-electron chi connectivity index (χ2n) is 10.9. The maximum Gasteiger partial charge on any atom is 0.269 e. The van der Waals surface area contributed by atoms with Crippen LogP contribution in [0.1, 0.15) is 36.8 Å². The van der Waals surface area contributed by atoms with Crippen LogP contribution in [-0.2, 0) is 13.1 Å². The average Bonchev–Trinajstić information content (AvgIpc) is 3.01. The molecule has 0 unspecified atom stereocenters. The summed E-state index contributed by atoms with van der Waals surface area (Å²) < 4.78 is 11.6. The van der Waals surface area contributed by atoms with Gasteiger partial charge in [-0.15, -0.1) is 0 Å². The molecule has 0 saturated carbocycles. The molecule has 0 spiro atoms. The maximum absolute atomic E-state index is 10.8. The van der Waals surface area contributed by atoms with Gasteiger partial charge in [-0.2, -0.15) is 0 Å². The zero-order chi connectivity index (χ0) is 31.3. The van der Waals surface area contributed by atoms with Gasteiger partial charge in [-0.05, 0) is 99.7 Å². The lowest BCUT2D eigenvalue weighted by molar-refractivity contribution is -0.385. The van der Waals surface area contributed by atoms with Crippen LogP contribution >= 0.6 is 0 Å². The van der Waals surface area contributed by atoms with Gasteiger partial charge in [0.05, 0.1) is 9.85 Å². The highest BCUT2D eigenvalue weighted by Gasteiger charge is 2.08. The zero-order valence-corrected chi connectivity index (χ0v) is 25.1. The zero-order valence-electron chi connectivity index (χ0n) is 25.1. The van der Waals surface area contributed by atoms with Gasteiger partial charge >= 0.3 is 0 Å². The Morgan fingerprint density at radius 2 is 0.795 bits per heavy atom. The van der Waals surface area contributed by atoms with Crippen molar-refractivity contribution in [3.8, 4) is 23.0 Å². The summed E-state index contributed by atoms with van der Waals surface area (Å²) in [4.78, 5) is 25.4. The number of unbranched alkanes of at least 4 members (excludes halogenated alkanes) is 3. The smallest absolute Gasteiger partial charge is 0.269 e. The van der Waals surface area contributed by atoms with E-state index in [0.29, 0.717) is 23.0 Å². The molecule has 0 aromatic heterocycles. The molecule has 0 heterocycles. The van der Waals surface area contributed by atoms with Gasteiger partial charge in [-0.3, -0.25) is 20.2 Å². The summed E-state index contributed by atoms with van der Waals surface area (Å²) >= 11 is 0. The minimum atomic E-state index is -0.427. The summed E-state index contributed by atoms with van der Waals surface area (Å²) in [7, 11) is 4.27. The van der Waals surface area contributed by atoms with Gasteiger partial charge in [-0.25, -0.2) is 0 Å². The van der Waals surface area contributed by atoms with E-state index in [1.807, 2.05) is 48.5 Å². The molecule has 4 aromatic carbocycles. The molecule has 0 aliphatic carbocycles. The van der Waals surface area contributed by atoms with Gasteiger partial charge < -0.3 is 19.3 Å². The van der Waals surface area contributed by atoms with Gasteiger partial charge in [0.2, 0.25) is 0 Å². The molecule has 0 N–H and O–H groups in total. The number of hydrogen-bond acceptors (Lipinski definition) is 8. The van der Waals surface area contributed by atoms with Gasteiger partial charge in [0.25, 0.3) is 11.4 Å². The molecule has 0 aliphatic heterocycles. The van der Waals surface area contributed by atoms with Crippen LogP contribution < -0.4 is 9.47 Å². The number of benzene rings is 4. The average molecular weight is 599 g/mol. The Labute approximate surface area is 257 Å².